The number of methoxy groups -OCH3 is 1. The average Bonchev–Trinajstić information content (AvgIpc) is 2.54. The van der Waals surface area contributed by atoms with Crippen LogP contribution in [0.15, 0.2) is 23.8 Å². The second-order valence-corrected chi connectivity index (χ2v) is 7.79. The topological polar surface area (TPSA) is 46.5 Å². The van der Waals surface area contributed by atoms with Crippen LogP contribution in [0.5, 0.6) is 5.75 Å². The quantitative estimate of drug-likeness (QED) is 0.863. The first kappa shape index (κ1) is 14.9. The maximum atomic E-state index is 13.0. The maximum Gasteiger partial charge on any atom is 0.149 e. The fourth-order valence-corrected chi connectivity index (χ4v) is 4.90. The van der Waals surface area contributed by atoms with Crippen molar-refractivity contribution in [3.8, 4) is 5.75 Å². The van der Waals surface area contributed by atoms with Crippen LogP contribution in [0.4, 0.5) is 0 Å². The second-order valence-electron chi connectivity index (χ2n) is 7.79. The molecule has 1 saturated carbocycles. The molecule has 0 aliphatic heterocycles. The summed E-state index contributed by atoms with van der Waals surface area (Å²) >= 11 is 0. The molecule has 3 aliphatic rings. The van der Waals surface area contributed by atoms with Crippen LogP contribution in [-0.2, 0) is 11.2 Å². The van der Waals surface area contributed by atoms with Crippen LogP contribution >= 0.6 is 0 Å². The number of hydrogen-bond acceptors (Lipinski definition) is 3. The smallest absolute Gasteiger partial charge is 0.149 e. The summed E-state index contributed by atoms with van der Waals surface area (Å²) < 4.78 is 5.35. The highest BCUT2D eigenvalue weighted by Crippen LogP contribution is 2.57. The van der Waals surface area contributed by atoms with Crippen molar-refractivity contribution >= 4 is 11.4 Å². The molecule has 2 bridgehead atoms. The Bertz CT molecular complexity index is 728. The molecule has 1 N–H and O–H groups in total. The van der Waals surface area contributed by atoms with Crippen LogP contribution in [0.1, 0.15) is 50.7 Å². The summed E-state index contributed by atoms with van der Waals surface area (Å²) in [6.07, 6.45) is 4.07. The van der Waals surface area contributed by atoms with Gasteiger partial charge in [-0.15, -0.1) is 0 Å². The fourth-order valence-electron chi connectivity index (χ4n) is 4.90. The molecule has 3 nitrogen and oxygen atoms in total. The van der Waals surface area contributed by atoms with E-state index in [4.69, 9.17) is 4.74 Å². The van der Waals surface area contributed by atoms with Gasteiger partial charge in [0, 0.05) is 5.41 Å². The van der Waals surface area contributed by atoms with Crippen LogP contribution in [0, 0.1) is 11.3 Å². The zero-order valence-electron chi connectivity index (χ0n) is 14.1. The van der Waals surface area contributed by atoms with E-state index in [0.717, 1.165) is 25.0 Å². The fraction of sp³-hybridized carbons (Fsp3) is 0.550. The molecule has 4 rings (SSSR count). The third-order valence-corrected chi connectivity index (χ3v) is 6.46. The number of benzene rings is 1. The van der Waals surface area contributed by atoms with Gasteiger partial charge in [-0.3, -0.25) is 4.79 Å². The monoisotopic (exact) mass is 312 g/mol. The van der Waals surface area contributed by atoms with Gasteiger partial charge in [-0.25, -0.2) is 0 Å². The van der Waals surface area contributed by atoms with Crippen molar-refractivity contribution in [2.45, 2.75) is 51.6 Å². The van der Waals surface area contributed by atoms with Crippen molar-refractivity contribution in [1.29, 1.82) is 0 Å². The Balaban J connectivity index is 1.88. The summed E-state index contributed by atoms with van der Waals surface area (Å²) in [4.78, 5) is 13.0. The van der Waals surface area contributed by atoms with E-state index in [1.165, 1.54) is 22.3 Å². The average molecular weight is 312 g/mol. The van der Waals surface area contributed by atoms with E-state index < -0.39 is 5.60 Å². The molecule has 0 aromatic heterocycles. The molecule has 3 atom stereocenters. The number of aliphatic hydroxyl groups is 1. The highest BCUT2D eigenvalue weighted by Gasteiger charge is 2.56. The SMILES string of the molecule is COc1ccc2c(c1)CCC1=C2C[C@@H]2C(=O)[C@@]1(C)CC[C@@]2(C)O. The van der Waals surface area contributed by atoms with Gasteiger partial charge in [-0.05, 0) is 74.8 Å². The van der Waals surface area contributed by atoms with E-state index in [1.807, 2.05) is 13.0 Å². The Morgan fingerprint density at radius 1 is 1.22 bits per heavy atom. The molecule has 0 spiro atoms. The Hall–Kier alpha value is -1.61. The van der Waals surface area contributed by atoms with Gasteiger partial charge in [-0.1, -0.05) is 11.6 Å². The number of allylic oxidation sites excluding steroid dienone is 2. The highest BCUT2D eigenvalue weighted by atomic mass is 16.5. The van der Waals surface area contributed by atoms with E-state index >= 15 is 0 Å². The van der Waals surface area contributed by atoms with Crippen LogP contribution in [0.25, 0.3) is 5.57 Å². The third-order valence-electron chi connectivity index (χ3n) is 6.46. The van der Waals surface area contributed by atoms with Crippen LogP contribution < -0.4 is 4.74 Å². The standard InChI is InChI=1S/C20H24O3/c1-19-8-9-20(2,22)17(18(19)21)11-15-14-6-5-13(23-3)10-12(14)4-7-16(15)19/h5-6,10,17,22H,4,7-9,11H2,1-3H3/t17-,19+,20-/m1/s1. The van der Waals surface area contributed by atoms with Gasteiger partial charge in [0.25, 0.3) is 0 Å². The molecule has 3 heteroatoms. The number of ether oxygens (including phenoxy) is 1. The number of carbonyl (C=O) groups excluding carboxylic acids is 1. The summed E-state index contributed by atoms with van der Waals surface area (Å²) in [6, 6.07) is 6.25. The van der Waals surface area contributed by atoms with E-state index in [9.17, 15) is 9.90 Å². The van der Waals surface area contributed by atoms with E-state index in [2.05, 4.69) is 19.1 Å². The van der Waals surface area contributed by atoms with E-state index in [1.54, 1.807) is 7.11 Å². The number of ketones is 1. The second kappa shape index (κ2) is 4.70. The molecule has 0 radical (unpaired) electrons. The zero-order chi connectivity index (χ0) is 16.4. The summed E-state index contributed by atoms with van der Waals surface area (Å²) in [6.45, 7) is 3.93. The number of aryl methyl sites for hydroxylation is 1. The van der Waals surface area contributed by atoms with Crippen molar-refractivity contribution < 1.29 is 14.6 Å². The molecule has 1 aromatic carbocycles. The molecule has 0 amide bonds. The van der Waals surface area contributed by atoms with Gasteiger partial charge < -0.3 is 9.84 Å². The normalized spacial score (nSPS) is 35.7. The molecule has 1 fully saturated rings. The van der Waals surface area contributed by atoms with Gasteiger partial charge in [0.15, 0.2) is 0 Å². The van der Waals surface area contributed by atoms with E-state index in [-0.39, 0.29) is 17.1 Å². The molecular formula is C20H24O3. The Morgan fingerprint density at radius 2 is 2.00 bits per heavy atom. The van der Waals surface area contributed by atoms with Crippen LogP contribution in [-0.4, -0.2) is 23.6 Å². The van der Waals surface area contributed by atoms with Gasteiger partial charge in [0.05, 0.1) is 18.6 Å². The molecule has 3 aliphatic carbocycles. The Labute approximate surface area is 137 Å². The number of hydrogen-bond donors (Lipinski definition) is 1. The number of rotatable bonds is 1. The maximum absolute atomic E-state index is 13.0. The van der Waals surface area contributed by atoms with Crippen molar-refractivity contribution in [3.05, 3.63) is 34.9 Å². The van der Waals surface area contributed by atoms with Gasteiger partial charge >= 0.3 is 0 Å². The molecule has 1 aromatic rings. The van der Waals surface area contributed by atoms with Crippen molar-refractivity contribution in [2.75, 3.05) is 7.11 Å². The minimum atomic E-state index is -0.876. The van der Waals surface area contributed by atoms with Gasteiger partial charge in [0.1, 0.15) is 11.5 Å². The lowest BCUT2D eigenvalue weighted by Gasteiger charge is -2.51. The molecule has 0 heterocycles. The molecule has 23 heavy (non-hydrogen) atoms. The first-order chi connectivity index (χ1) is 10.9. The van der Waals surface area contributed by atoms with Crippen molar-refractivity contribution in [3.63, 3.8) is 0 Å². The van der Waals surface area contributed by atoms with Crippen molar-refractivity contribution in [2.24, 2.45) is 11.3 Å². The number of carbonyl (C=O) groups is 1. The van der Waals surface area contributed by atoms with Crippen LogP contribution in [0.2, 0.25) is 0 Å². The largest absolute Gasteiger partial charge is 0.497 e. The highest BCUT2D eigenvalue weighted by molar-refractivity contribution is 5.98. The molecule has 0 unspecified atom stereocenters. The predicted molar refractivity (Wildman–Crippen MR) is 89.3 cm³/mol. The summed E-state index contributed by atoms with van der Waals surface area (Å²) in [7, 11) is 1.69. The minimum absolute atomic E-state index is 0.254. The third kappa shape index (κ3) is 1.96. The zero-order valence-corrected chi connectivity index (χ0v) is 14.1. The number of fused-ring (bicyclic) bond motifs is 5. The molecule has 0 saturated heterocycles. The predicted octanol–water partition coefficient (Wildman–Crippen LogP) is 3.54. The first-order valence-electron chi connectivity index (χ1n) is 8.53. The van der Waals surface area contributed by atoms with Crippen LogP contribution in [0.3, 0.4) is 0 Å². The molecule has 122 valence electrons. The first-order valence-corrected chi connectivity index (χ1v) is 8.53. The summed E-state index contributed by atoms with van der Waals surface area (Å²) in [5.41, 5.74) is 3.94. The minimum Gasteiger partial charge on any atom is -0.497 e. The summed E-state index contributed by atoms with van der Waals surface area (Å²) in [5, 5.41) is 10.7. The van der Waals surface area contributed by atoms with E-state index in [0.29, 0.717) is 12.8 Å². The Kier molecular flexibility index (Phi) is 3.05. The van der Waals surface area contributed by atoms with Crippen molar-refractivity contribution in [1.82, 2.24) is 0 Å². The van der Waals surface area contributed by atoms with Gasteiger partial charge in [0.2, 0.25) is 0 Å². The summed E-state index contributed by atoms with van der Waals surface area (Å²) in [5.74, 6) is 0.871. The number of Topliss-reactive ketones (excluding diaryl/α,β-unsaturated/α-hetero) is 1. The lowest BCUT2D eigenvalue weighted by molar-refractivity contribution is -0.148. The molecular weight excluding hydrogens is 288 g/mol. The Morgan fingerprint density at radius 3 is 2.74 bits per heavy atom. The van der Waals surface area contributed by atoms with Gasteiger partial charge in [-0.2, -0.15) is 0 Å². The lowest BCUT2D eigenvalue weighted by Crippen LogP contribution is -2.54. The lowest BCUT2D eigenvalue weighted by atomic mass is 9.53.